The summed E-state index contributed by atoms with van der Waals surface area (Å²) in [6.07, 6.45) is 2.48. The van der Waals surface area contributed by atoms with Crippen molar-refractivity contribution in [1.82, 2.24) is 0 Å². The number of rotatable bonds is 5. The number of carbonyl (C=O) groups excluding carboxylic acids is 1. The standard InChI is InChI=1S/C16H25NO3.C16H6.HNO3.9H2/c1-12-7-8-13(19-12)16(5,6)9-10-17-11-14(18)20-15(2,3)4;1-3-5-7-9-11-13-15-16-14-12-10-8-6-4-2;2-1(3)4;;;;;;;;;/h7-8,10H,9,11H2,1-6H3;1-2H3;(H,2,3,4);9*1H. The Morgan fingerprint density at radius 2 is 1.35 bits per heavy atom. The van der Waals surface area contributed by atoms with E-state index in [0.717, 1.165) is 11.5 Å². The number of hydrogen-bond acceptors (Lipinski definition) is 6. The monoisotopic (exact) mass is 558 g/mol. The molecule has 1 aromatic rings. The van der Waals surface area contributed by atoms with Gasteiger partial charge in [0.2, 0.25) is 0 Å². The fourth-order valence-corrected chi connectivity index (χ4v) is 2.14. The maximum absolute atomic E-state index is 11.5. The summed E-state index contributed by atoms with van der Waals surface area (Å²) in [4.78, 5) is 24.0. The minimum Gasteiger partial charge on any atom is -0.466 e. The van der Waals surface area contributed by atoms with Crippen molar-refractivity contribution in [3.05, 3.63) is 33.8 Å². The Morgan fingerprint density at radius 1 is 0.950 bits per heavy atom. The number of ether oxygens (including phenoxy) is 1. The van der Waals surface area contributed by atoms with Crippen molar-refractivity contribution in [1.29, 1.82) is 0 Å². The summed E-state index contributed by atoms with van der Waals surface area (Å²) in [5.41, 5.74) is -0.594. The molecule has 0 fully saturated rings. The Morgan fingerprint density at radius 3 is 1.68 bits per heavy atom. The van der Waals surface area contributed by atoms with E-state index in [2.05, 4.69) is 102 Å². The van der Waals surface area contributed by atoms with Crippen molar-refractivity contribution in [3.63, 3.8) is 0 Å². The van der Waals surface area contributed by atoms with Gasteiger partial charge in [0.15, 0.2) is 0 Å². The van der Waals surface area contributed by atoms with Gasteiger partial charge in [0, 0.05) is 24.5 Å². The van der Waals surface area contributed by atoms with Gasteiger partial charge in [0.05, 0.1) is 0 Å². The molecule has 0 aromatic carbocycles. The van der Waals surface area contributed by atoms with Crippen LogP contribution in [-0.2, 0) is 14.9 Å². The molecule has 8 heteroatoms. The van der Waals surface area contributed by atoms with E-state index in [4.69, 9.17) is 24.5 Å². The Balaban J connectivity index is -0.0000000511. The lowest BCUT2D eigenvalue weighted by atomic mass is 9.87. The molecular weight excluding hydrogens is 508 g/mol. The predicted octanol–water partition coefficient (Wildman–Crippen LogP) is 6.58. The van der Waals surface area contributed by atoms with Gasteiger partial charge in [-0.25, -0.2) is 0 Å². The van der Waals surface area contributed by atoms with Gasteiger partial charge in [0.25, 0.3) is 5.09 Å². The number of furan rings is 1. The molecule has 0 saturated heterocycles. The average molecular weight is 559 g/mol. The van der Waals surface area contributed by atoms with Crippen LogP contribution in [0.4, 0.5) is 0 Å². The highest BCUT2D eigenvalue weighted by Crippen LogP contribution is 2.27. The van der Waals surface area contributed by atoms with E-state index >= 15 is 0 Å². The third kappa shape index (κ3) is 25.6. The smallest absolute Gasteiger partial charge is 0.328 e. The van der Waals surface area contributed by atoms with Gasteiger partial charge in [-0.05, 0) is 131 Å². The fourth-order valence-electron chi connectivity index (χ4n) is 2.14. The van der Waals surface area contributed by atoms with Gasteiger partial charge in [-0.15, -0.1) is 10.1 Å². The van der Waals surface area contributed by atoms with E-state index in [1.165, 1.54) is 0 Å². The summed E-state index contributed by atoms with van der Waals surface area (Å²) < 4.78 is 10.8. The molecule has 0 aliphatic carbocycles. The summed E-state index contributed by atoms with van der Waals surface area (Å²) in [6.45, 7) is 15.1. The molecular formula is C32H50N2O6. The molecule has 0 aliphatic heterocycles. The molecule has 0 saturated carbocycles. The molecule has 1 N–H and O–H groups in total. The van der Waals surface area contributed by atoms with Crippen molar-refractivity contribution >= 4 is 12.2 Å². The zero-order chi connectivity index (χ0) is 30.9. The molecule has 0 amide bonds. The van der Waals surface area contributed by atoms with Crippen LogP contribution in [0.2, 0.25) is 0 Å². The Bertz CT molecular complexity index is 1430. The molecule has 40 heavy (non-hydrogen) atoms. The molecule has 1 heterocycles. The second kappa shape index (κ2) is 21.6. The van der Waals surface area contributed by atoms with Crippen molar-refractivity contribution in [2.75, 3.05) is 6.54 Å². The Kier molecular flexibility index (Phi) is 19.8. The lowest BCUT2D eigenvalue weighted by molar-refractivity contribution is -0.742. The van der Waals surface area contributed by atoms with E-state index in [0.29, 0.717) is 6.42 Å². The maximum atomic E-state index is 11.5. The number of esters is 1. The molecule has 0 atom stereocenters. The third-order valence-corrected chi connectivity index (χ3v) is 3.72. The number of nitrogens with zero attached hydrogens (tertiary/aromatic N) is 2. The molecule has 0 bridgehead atoms. The van der Waals surface area contributed by atoms with Crippen molar-refractivity contribution in [2.24, 2.45) is 4.99 Å². The first-order valence-electron chi connectivity index (χ1n) is 11.7. The first kappa shape index (κ1) is 36.7. The second-order valence-electron chi connectivity index (χ2n) is 8.85. The largest absolute Gasteiger partial charge is 0.466 e. The molecule has 0 unspecified atom stereocenters. The minimum absolute atomic E-state index is 0. The van der Waals surface area contributed by atoms with Crippen LogP contribution in [0.3, 0.4) is 0 Å². The van der Waals surface area contributed by atoms with E-state index < -0.39 is 10.7 Å². The zero-order valence-corrected chi connectivity index (χ0v) is 24.0. The van der Waals surface area contributed by atoms with E-state index in [1.807, 2.05) is 39.8 Å². The summed E-state index contributed by atoms with van der Waals surface area (Å²) in [7, 11) is 0. The minimum atomic E-state index is -1.50. The molecule has 0 aliphatic rings. The lowest BCUT2D eigenvalue weighted by Crippen LogP contribution is -2.25. The number of carbonyl (C=O) groups is 1. The van der Waals surface area contributed by atoms with Crippen molar-refractivity contribution in [2.45, 2.75) is 72.8 Å². The molecule has 8 nitrogen and oxygen atoms in total. The van der Waals surface area contributed by atoms with Crippen LogP contribution in [0.5, 0.6) is 0 Å². The van der Waals surface area contributed by atoms with Gasteiger partial charge in [-0.3, -0.25) is 9.79 Å². The molecule has 0 spiro atoms. The Labute approximate surface area is 250 Å². The van der Waals surface area contributed by atoms with Crippen molar-refractivity contribution < 1.29 is 37.1 Å². The molecule has 0 radical (unpaired) electrons. The SMILES string of the molecule is CC#CC#CC#CC#CC#CC#CC#CC.Cc1ccc(C(C)(C)CC=NCC(=O)OC(C)(C)C)o1.O=[N+]([O-])O.[HH].[HH].[HH].[HH].[HH].[HH].[HH].[HH].[HH]. The van der Waals surface area contributed by atoms with E-state index in [9.17, 15) is 4.79 Å². The quantitative estimate of drug-likeness (QED) is 0.143. The van der Waals surface area contributed by atoms with E-state index in [-0.39, 0.29) is 30.8 Å². The summed E-state index contributed by atoms with van der Waals surface area (Å²) in [5, 5.41) is 13.6. The predicted molar refractivity (Wildman–Crippen MR) is 174 cm³/mol. The van der Waals surface area contributed by atoms with Crippen LogP contribution in [0.1, 0.15) is 79.2 Å². The van der Waals surface area contributed by atoms with Crippen LogP contribution < -0.4 is 0 Å². The van der Waals surface area contributed by atoms with Gasteiger partial charge in [-0.2, -0.15) is 0 Å². The topological polar surface area (TPSA) is 115 Å². The first-order valence-corrected chi connectivity index (χ1v) is 11.7. The number of aryl methyl sites for hydroxylation is 1. The van der Waals surface area contributed by atoms with Crippen LogP contribution in [0, 0.1) is 99.9 Å². The van der Waals surface area contributed by atoms with Gasteiger partial charge >= 0.3 is 5.97 Å². The normalized spacial score (nSPS) is 8.60. The number of aliphatic imine (C=N–C) groups is 1. The average Bonchev–Trinajstić information content (AvgIpc) is 3.29. The Hall–Kier alpha value is -5.46. The molecule has 224 valence electrons. The van der Waals surface area contributed by atoms with E-state index in [1.54, 1.807) is 20.1 Å². The fraction of sp³-hybridized carbons (Fsp3) is 0.375. The highest BCUT2D eigenvalue weighted by molar-refractivity contribution is 5.74. The zero-order valence-electron chi connectivity index (χ0n) is 24.0. The number of hydrogen-bond donors (Lipinski definition) is 1. The highest BCUT2D eigenvalue weighted by Gasteiger charge is 2.23. The van der Waals surface area contributed by atoms with Gasteiger partial charge in [-0.1, -0.05) is 25.7 Å². The van der Waals surface area contributed by atoms with Gasteiger partial charge < -0.3 is 14.4 Å². The van der Waals surface area contributed by atoms with Gasteiger partial charge in [0.1, 0.15) is 23.7 Å². The maximum Gasteiger partial charge on any atom is 0.328 e. The van der Waals surface area contributed by atoms with Crippen LogP contribution in [-0.4, -0.2) is 34.6 Å². The summed E-state index contributed by atoms with van der Waals surface area (Å²) in [5.74, 6) is 37.1. The second-order valence-corrected chi connectivity index (χ2v) is 8.85. The molecule has 1 aromatic heterocycles. The van der Waals surface area contributed by atoms with Crippen LogP contribution >= 0.6 is 0 Å². The van der Waals surface area contributed by atoms with Crippen LogP contribution in [0.15, 0.2) is 21.5 Å². The first-order chi connectivity index (χ1) is 18.7. The van der Waals surface area contributed by atoms with Crippen molar-refractivity contribution in [3.8, 4) is 82.9 Å². The highest BCUT2D eigenvalue weighted by atomic mass is 16.9. The third-order valence-electron chi connectivity index (χ3n) is 3.72. The lowest BCUT2D eigenvalue weighted by Gasteiger charge is -2.20. The summed E-state index contributed by atoms with van der Waals surface area (Å²) in [6, 6.07) is 3.94. The summed E-state index contributed by atoms with van der Waals surface area (Å²) >= 11 is 0. The molecule has 1 rings (SSSR count). The van der Waals surface area contributed by atoms with Crippen LogP contribution in [0.25, 0.3) is 0 Å².